The van der Waals surface area contributed by atoms with Crippen LogP contribution in [0.1, 0.15) is 233 Å². The van der Waals surface area contributed by atoms with E-state index in [2.05, 4.69) is 39.6 Å². The van der Waals surface area contributed by atoms with Crippen molar-refractivity contribution in [2.24, 2.45) is 5.92 Å². The second kappa shape index (κ2) is 37.6. The molecular weight excluding hydrogens is 703 g/mol. The van der Waals surface area contributed by atoms with Crippen molar-refractivity contribution in [1.29, 1.82) is 0 Å². The maximum absolute atomic E-state index is 13.1. The number of carbonyl (C=O) groups is 3. The Morgan fingerprint density at radius 2 is 0.911 bits per heavy atom. The van der Waals surface area contributed by atoms with Crippen molar-refractivity contribution < 1.29 is 33.3 Å². The van der Waals surface area contributed by atoms with E-state index in [1.54, 1.807) is 0 Å². The minimum Gasteiger partial charge on any atom is -0.465 e. The number of hydrogen-bond acceptors (Lipinski definition) is 8. The van der Waals surface area contributed by atoms with Crippen LogP contribution < -0.4 is 0 Å². The van der Waals surface area contributed by atoms with Gasteiger partial charge in [0.15, 0.2) is 0 Å². The third-order valence-corrected chi connectivity index (χ3v) is 11.6. The summed E-state index contributed by atoms with van der Waals surface area (Å²) in [5.41, 5.74) is 0. The molecule has 0 amide bonds. The smallest absolute Gasteiger partial charge is 0.311 e. The Bertz CT molecular complexity index is 901. The average molecular weight is 794 g/mol. The lowest BCUT2D eigenvalue weighted by atomic mass is 9.94. The number of hydrogen-bond donors (Lipinski definition) is 0. The largest absolute Gasteiger partial charge is 0.465 e. The molecule has 1 rings (SSSR count). The fraction of sp³-hybridized carbons (Fsp3) is 0.938. The Kier molecular flexibility index (Phi) is 35.1. The maximum atomic E-state index is 13.1. The van der Waals surface area contributed by atoms with E-state index >= 15 is 0 Å². The summed E-state index contributed by atoms with van der Waals surface area (Å²) in [6, 6.07) is 0. The van der Waals surface area contributed by atoms with E-state index in [1.165, 1.54) is 103 Å². The van der Waals surface area contributed by atoms with Gasteiger partial charge in [-0.3, -0.25) is 14.4 Å². The van der Waals surface area contributed by atoms with Crippen molar-refractivity contribution in [2.45, 2.75) is 251 Å². The second-order valence-corrected chi connectivity index (χ2v) is 17.0. The number of nitrogens with zero attached hydrogens (tertiary/aromatic N) is 1. The van der Waals surface area contributed by atoms with Crippen molar-refractivity contribution in [2.75, 3.05) is 33.4 Å². The zero-order valence-electron chi connectivity index (χ0n) is 37.6. The first-order chi connectivity index (χ1) is 27.3. The number of esters is 3. The topological polar surface area (TPSA) is 91.4 Å². The van der Waals surface area contributed by atoms with Crippen LogP contribution in [-0.4, -0.2) is 74.5 Å². The van der Waals surface area contributed by atoms with E-state index in [9.17, 15) is 14.4 Å². The van der Waals surface area contributed by atoms with E-state index in [-0.39, 0.29) is 42.1 Å². The second-order valence-electron chi connectivity index (χ2n) is 17.0. The third kappa shape index (κ3) is 29.5. The molecular formula is C48H91NO7. The first-order valence-electron chi connectivity index (χ1n) is 24.2. The predicted molar refractivity (Wildman–Crippen MR) is 232 cm³/mol. The first kappa shape index (κ1) is 52.3. The molecule has 56 heavy (non-hydrogen) atoms. The molecule has 0 aliphatic carbocycles. The highest BCUT2D eigenvalue weighted by molar-refractivity contribution is 5.73. The van der Waals surface area contributed by atoms with Gasteiger partial charge in [-0.1, -0.05) is 137 Å². The van der Waals surface area contributed by atoms with Crippen LogP contribution in [0.15, 0.2) is 0 Å². The van der Waals surface area contributed by atoms with Crippen molar-refractivity contribution in [3.8, 4) is 0 Å². The zero-order chi connectivity index (χ0) is 40.9. The molecule has 0 saturated carbocycles. The summed E-state index contributed by atoms with van der Waals surface area (Å²) in [5.74, 6) is -0.640. The summed E-state index contributed by atoms with van der Waals surface area (Å²) in [6.45, 7) is 11.4. The van der Waals surface area contributed by atoms with E-state index in [0.717, 1.165) is 83.6 Å². The van der Waals surface area contributed by atoms with Gasteiger partial charge in [0.25, 0.3) is 0 Å². The number of carbonyl (C=O) groups excluding carboxylic acids is 3. The molecule has 8 heteroatoms. The number of likely N-dealkylation sites (N-methyl/N-ethyl adjacent to an activating group) is 1. The van der Waals surface area contributed by atoms with Gasteiger partial charge in [-0.05, 0) is 97.1 Å². The van der Waals surface area contributed by atoms with Crippen molar-refractivity contribution in [1.82, 2.24) is 4.90 Å². The van der Waals surface area contributed by atoms with Crippen LogP contribution in [0.4, 0.5) is 0 Å². The molecule has 0 radical (unpaired) electrons. The lowest BCUT2D eigenvalue weighted by molar-refractivity contribution is -0.158. The summed E-state index contributed by atoms with van der Waals surface area (Å²) in [6.07, 6.45) is 33.8. The lowest BCUT2D eigenvalue weighted by Crippen LogP contribution is -2.47. The van der Waals surface area contributed by atoms with Crippen LogP contribution in [0, 0.1) is 5.92 Å². The molecule has 1 fully saturated rings. The van der Waals surface area contributed by atoms with Gasteiger partial charge in [-0.25, -0.2) is 0 Å². The highest BCUT2D eigenvalue weighted by atomic mass is 16.6. The molecule has 8 nitrogen and oxygen atoms in total. The Morgan fingerprint density at radius 3 is 1.36 bits per heavy atom. The van der Waals surface area contributed by atoms with Gasteiger partial charge in [-0.2, -0.15) is 0 Å². The van der Waals surface area contributed by atoms with E-state index in [4.69, 9.17) is 18.9 Å². The van der Waals surface area contributed by atoms with Gasteiger partial charge in [0.2, 0.25) is 0 Å². The molecule has 2 atom stereocenters. The molecule has 1 aliphatic heterocycles. The Morgan fingerprint density at radius 1 is 0.518 bits per heavy atom. The summed E-state index contributed by atoms with van der Waals surface area (Å²) in [7, 11) is 2.07. The Balaban J connectivity index is 2.36. The summed E-state index contributed by atoms with van der Waals surface area (Å²) >= 11 is 0. The van der Waals surface area contributed by atoms with Crippen LogP contribution >= 0.6 is 0 Å². The van der Waals surface area contributed by atoms with Gasteiger partial charge in [0, 0.05) is 26.0 Å². The number of ether oxygens (including phenoxy) is 4. The zero-order valence-corrected chi connectivity index (χ0v) is 37.6. The Hall–Kier alpha value is -1.67. The monoisotopic (exact) mass is 794 g/mol. The van der Waals surface area contributed by atoms with Gasteiger partial charge >= 0.3 is 17.9 Å². The van der Waals surface area contributed by atoms with E-state index in [1.807, 2.05) is 0 Å². The standard InChI is InChI=1S/C48H91NO7/c1-6-10-14-18-23-31-42(32-24-19-15-11-7-2)55-46(50)35-27-22-29-39-53-45-41-49(5)38-37-44(45)48(52)54-40-30-28-36-47(51)56-43(33-25-20-16-12-8-3)34-26-21-17-13-9-4/h42-45H,6-41H2,1-5H3. The maximum Gasteiger partial charge on any atom is 0.311 e. The molecule has 1 heterocycles. The number of likely N-dealkylation sites (tertiary alicyclic amines) is 1. The highest BCUT2D eigenvalue weighted by Gasteiger charge is 2.35. The van der Waals surface area contributed by atoms with Crippen LogP contribution in [-0.2, 0) is 33.3 Å². The molecule has 1 aliphatic rings. The molecule has 0 aromatic heterocycles. The molecule has 330 valence electrons. The van der Waals surface area contributed by atoms with E-state index < -0.39 is 0 Å². The Labute approximate surface area is 346 Å². The van der Waals surface area contributed by atoms with Crippen molar-refractivity contribution in [3.05, 3.63) is 0 Å². The van der Waals surface area contributed by atoms with E-state index in [0.29, 0.717) is 45.4 Å². The predicted octanol–water partition coefficient (Wildman–Crippen LogP) is 12.9. The quantitative estimate of drug-likeness (QED) is 0.0345. The summed E-state index contributed by atoms with van der Waals surface area (Å²) in [5, 5.41) is 0. The molecule has 1 saturated heterocycles. The SMILES string of the molecule is CCCCCCCC(CCCCCCC)OC(=O)CCCCCOC1CN(C)CCC1C(=O)OCCCCC(=O)OC(CCCCCCC)CCCCCCC. The van der Waals surface area contributed by atoms with Crippen LogP contribution in [0.2, 0.25) is 0 Å². The molecule has 0 bridgehead atoms. The normalized spacial score (nSPS) is 16.1. The van der Waals surface area contributed by atoms with Crippen molar-refractivity contribution in [3.63, 3.8) is 0 Å². The number of piperidine rings is 1. The first-order valence-corrected chi connectivity index (χ1v) is 24.2. The van der Waals surface area contributed by atoms with Gasteiger partial charge in [0.05, 0.1) is 18.6 Å². The minimum atomic E-state index is -0.276. The van der Waals surface area contributed by atoms with Gasteiger partial charge < -0.3 is 23.8 Å². The van der Waals surface area contributed by atoms with Crippen molar-refractivity contribution >= 4 is 17.9 Å². The third-order valence-electron chi connectivity index (χ3n) is 11.6. The van der Waals surface area contributed by atoms with Crippen LogP contribution in [0.3, 0.4) is 0 Å². The molecule has 2 unspecified atom stereocenters. The molecule has 0 aromatic carbocycles. The molecule has 0 aromatic rings. The van der Waals surface area contributed by atoms with Crippen LogP contribution in [0.25, 0.3) is 0 Å². The fourth-order valence-electron chi connectivity index (χ4n) is 7.86. The minimum absolute atomic E-state index is 0.0312. The summed E-state index contributed by atoms with van der Waals surface area (Å²) in [4.78, 5) is 40.8. The highest BCUT2D eigenvalue weighted by Crippen LogP contribution is 2.23. The fourth-order valence-corrected chi connectivity index (χ4v) is 7.86. The molecule has 0 spiro atoms. The molecule has 0 N–H and O–H groups in total. The summed E-state index contributed by atoms with van der Waals surface area (Å²) < 4.78 is 23.9. The number of rotatable bonds is 39. The van der Waals surface area contributed by atoms with Gasteiger partial charge in [-0.15, -0.1) is 0 Å². The van der Waals surface area contributed by atoms with Crippen LogP contribution in [0.5, 0.6) is 0 Å². The average Bonchev–Trinajstić information content (AvgIpc) is 3.18. The van der Waals surface area contributed by atoms with Gasteiger partial charge in [0.1, 0.15) is 12.2 Å². The lowest BCUT2D eigenvalue weighted by Gasteiger charge is -2.35. The number of unbranched alkanes of at least 4 members (excludes halogenated alkanes) is 19.